The Labute approximate surface area is 78.0 Å². The lowest BCUT2D eigenvalue weighted by Gasteiger charge is -2.18. The first-order valence-electron chi connectivity index (χ1n) is 4.51. The van der Waals surface area contributed by atoms with E-state index in [1.807, 2.05) is 18.5 Å². The van der Waals surface area contributed by atoms with E-state index in [4.69, 9.17) is 0 Å². The van der Waals surface area contributed by atoms with Gasteiger partial charge in [0, 0.05) is 23.2 Å². The fourth-order valence-corrected chi connectivity index (χ4v) is 1.55. The molecule has 2 heteroatoms. The molecule has 0 saturated heterocycles. The van der Waals surface area contributed by atoms with Gasteiger partial charge in [0.05, 0.1) is 11.2 Å². The van der Waals surface area contributed by atoms with Crippen LogP contribution in [0.4, 0.5) is 0 Å². The number of hydrogen-bond donors (Lipinski definition) is 1. The van der Waals surface area contributed by atoms with Gasteiger partial charge in [-0.1, -0.05) is 20.8 Å². The van der Waals surface area contributed by atoms with E-state index in [1.165, 1.54) is 5.39 Å². The van der Waals surface area contributed by atoms with E-state index in [2.05, 4.69) is 36.8 Å². The minimum absolute atomic E-state index is 0.102. The van der Waals surface area contributed by atoms with E-state index in [-0.39, 0.29) is 5.41 Å². The summed E-state index contributed by atoms with van der Waals surface area (Å²) in [6.07, 6.45) is 3.83. The van der Waals surface area contributed by atoms with E-state index >= 15 is 0 Å². The van der Waals surface area contributed by atoms with Crippen molar-refractivity contribution in [3.63, 3.8) is 0 Å². The summed E-state index contributed by atoms with van der Waals surface area (Å²) in [7, 11) is 0. The average Bonchev–Trinajstić information content (AvgIpc) is 2.48. The second-order valence-electron chi connectivity index (χ2n) is 4.35. The summed E-state index contributed by atoms with van der Waals surface area (Å²) in [5.74, 6) is 0. The van der Waals surface area contributed by atoms with Gasteiger partial charge in [-0.3, -0.25) is 4.98 Å². The van der Waals surface area contributed by atoms with Gasteiger partial charge in [0.2, 0.25) is 0 Å². The first kappa shape index (κ1) is 8.30. The molecule has 0 aliphatic carbocycles. The van der Waals surface area contributed by atoms with Crippen LogP contribution in [0.2, 0.25) is 0 Å². The molecule has 2 rings (SSSR count). The molecule has 2 nitrogen and oxygen atoms in total. The number of fused-ring (bicyclic) bond motifs is 1. The molecule has 13 heavy (non-hydrogen) atoms. The van der Waals surface area contributed by atoms with Crippen molar-refractivity contribution >= 4 is 10.9 Å². The van der Waals surface area contributed by atoms with Gasteiger partial charge in [0.1, 0.15) is 0 Å². The van der Waals surface area contributed by atoms with Gasteiger partial charge >= 0.3 is 0 Å². The van der Waals surface area contributed by atoms with Crippen LogP contribution in [0.5, 0.6) is 0 Å². The first-order chi connectivity index (χ1) is 6.09. The third-order valence-electron chi connectivity index (χ3n) is 2.18. The third-order valence-corrected chi connectivity index (χ3v) is 2.18. The summed E-state index contributed by atoms with van der Waals surface area (Å²) in [6, 6.07) is 4.10. The fourth-order valence-electron chi connectivity index (χ4n) is 1.55. The fraction of sp³-hybridized carbons (Fsp3) is 0.364. The van der Waals surface area contributed by atoms with Crippen molar-refractivity contribution in [3.05, 3.63) is 30.2 Å². The number of H-pyrrole nitrogens is 1. The third kappa shape index (κ3) is 1.32. The summed E-state index contributed by atoms with van der Waals surface area (Å²) in [6.45, 7) is 6.53. The van der Waals surface area contributed by atoms with E-state index < -0.39 is 0 Å². The van der Waals surface area contributed by atoms with Crippen LogP contribution >= 0.6 is 0 Å². The lowest BCUT2D eigenvalue weighted by molar-refractivity contribution is 0.574. The van der Waals surface area contributed by atoms with Gasteiger partial charge < -0.3 is 4.98 Å². The number of hydrogen-bond acceptors (Lipinski definition) is 1. The molecule has 0 aliphatic rings. The van der Waals surface area contributed by atoms with Gasteiger partial charge in [-0.05, 0) is 12.1 Å². The number of aromatic nitrogens is 2. The van der Waals surface area contributed by atoms with Crippen LogP contribution in [0, 0.1) is 0 Å². The molecule has 68 valence electrons. The Hall–Kier alpha value is -1.31. The summed E-state index contributed by atoms with van der Waals surface area (Å²) >= 11 is 0. The Balaban J connectivity index is 2.75. The molecule has 0 bridgehead atoms. The molecule has 0 unspecified atom stereocenters. The first-order valence-corrected chi connectivity index (χ1v) is 4.51. The van der Waals surface area contributed by atoms with Crippen molar-refractivity contribution < 1.29 is 0 Å². The van der Waals surface area contributed by atoms with Crippen LogP contribution in [0.3, 0.4) is 0 Å². The zero-order valence-corrected chi connectivity index (χ0v) is 8.26. The smallest absolute Gasteiger partial charge is 0.0697 e. The van der Waals surface area contributed by atoms with E-state index in [1.54, 1.807) is 0 Å². The molecule has 0 amide bonds. The van der Waals surface area contributed by atoms with Crippen molar-refractivity contribution in [3.8, 4) is 0 Å². The van der Waals surface area contributed by atoms with Crippen molar-refractivity contribution in [2.45, 2.75) is 26.2 Å². The van der Waals surface area contributed by atoms with Gasteiger partial charge in [-0.2, -0.15) is 0 Å². The maximum absolute atomic E-state index is 4.42. The number of nitrogens with one attached hydrogen (secondary N) is 1. The highest BCUT2D eigenvalue weighted by Gasteiger charge is 2.18. The Bertz CT molecular complexity index is 421. The minimum atomic E-state index is 0.102. The summed E-state index contributed by atoms with van der Waals surface area (Å²) in [5.41, 5.74) is 2.40. The SMILES string of the molecule is CC(C)(C)c1nccc2cc[nH]c12. The van der Waals surface area contributed by atoms with Crippen molar-refractivity contribution in [1.29, 1.82) is 0 Å². The van der Waals surface area contributed by atoms with Crippen molar-refractivity contribution in [2.24, 2.45) is 0 Å². The Morgan fingerprint density at radius 2 is 2.00 bits per heavy atom. The van der Waals surface area contributed by atoms with Crippen LogP contribution in [0.25, 0.3) is 10.9 Å². The molecule has 0 atom stereocenters. The van der Waals surface area contributed by atoms with E-state index in [0.29, 0.717) is 0 Å². The molecule has 0 aromatic carbocycles. The van der Waals surface area contributed by atoms with Crippen LogP contribution in [-0.4, -0.2) is 9.97 Å². The lowest BCUT2D eigenvalue weighted by atomic mass is 9.90. The maximum Gasteiger partial charge on any atom is 0.0697 e. The Morgan fingerprint density at radius 3 is 2.69 bits per heavy atom. The normalized spacial score (nSPS) is 12.2. The van der Waals surface area contributed by atoms with Crippen LogP contribution < -0.4 is 0 Å². The highest BCUT2D eigenvalue weighted by molar-refractivity contribution is 5.81. The summed E-state index contributed by atoms with van der Waals surface area (Å²) in [5, 5.41) is 1.24. The van der Waals surface area contributed by atoms with Crippen LogP contribution in [0.1, 0.15) is 26.5 Å². The predicted molar refractivity (Wildman–Crippen MR) is 54.8 cm³/mol. The zero-order valence-electron chi connectivity index (χ0n) is 8.26. The second kappa shape index (κ2) is 2.59. The van der Waals surface area contributed by atoms with Crippen LogP contribution in [0.15, 0.2) is 24.5 Å². The van der Waals surface area contributed by atoms with Gasteiger partial charge in [-0.15, -0.1) is 0 Å². The predicted octanol–water partition coefficient (Wildman–Crippen LogP) is 2.86. The largest absolute Gasteiger partial charge is 0.360 e. The molecule has 2 aromatic heterocycles. The standard InChI is InChI=1S/C11H14N2/c1-11(2,3)10-9-8(4-6-12-9)5-7-13-10/h4-7,12H,1-3H3. The maximum atomic E-state index is 4.42. The van der Waals surface area contributed by atoms with Crippen molar-refractivity contribution in [2.75, 3.05) is 0 Å². The molecular weight excluding hydrogens is 160 g/mol. The lowest BCUT2D eigenvalue weighted by Crippen LogP contribution is -2.13. The zero-order chi connectivity index (χ0) is 9.47. The monoisotopic (exact) mass is 174 g/mol. The average molecular weight is 174 g/mol. The number of rotatable bonds is 0. The molecular formula is C11H14N2. The van der Waals surface area contributed by atoms with E-state index in [9.17, 15) is 0 Å². The molecule has 0 spiro atoms. The Kier molecular flexibility index (Phi) is 1.65. The molecule has 1 N–H and O–H groups in total. The molecule has 0 fully saturated rings. The molecule has 2 aromatic rings. The van der Waals surface area contributed by atoms with Crippen molar-refractivity contribution in [1.82, 2.24) is 9.97 Å². The Morgan fingerprint density at radius 1 is 1.23 bits per heavy atom. The van der Waals surface area contributed by atoms with E-state index in [0.717, 1.165) is 11.2 Å². The highest BCUT2D eigenvalue weighted by atomic mass is 14.8. The van der Waals surface area contributed by atoms with Gasteiger partial charge in [0.25, 0.3) is 0 Å². The molecule has 0 saturated carbocycles. The van der Waals surface area contributed by atoms with Gasteiger partial charge in [0.15, 0.2) is 0 Å². The molecule has 0 radical (unpaired) electrons. The molecule has 0 aliphatic heterocycles. The van der Waals surface area contributed by atoms with Gasteiger partial charge in [-0.25, -0.2) is 0 Å². The number of aromatic amines is 1. The summed E-state index contributed by atoms with van der Waals surface area (Å²) in [4.78, 5) is 7.65. The summed E-state index contributed by atoms with van der Waals surface area (Å²) < 4.78 is 0. The molecule has 2 heterocycles. The highest BCUT2D eigenvalue weighted by Crippen LogP contribution is 2.26. The topological polar surface area (TPSA) is 28.7 Å². The quantitative estimate of drug-likeness (QED) is 0.653. The van der Waals surface area contributed by atoms with Crippen LogP contribution in [-0.2, 0) is 5.41 Å². The second-order valence-corrected chi connectivity index (χ2v) is 4.35. The number of nitrogens with zero attached hydrogens (tertiary/aromatic N) is 1. The minimum Gasteiger partial charge on any atom is -0.360 e. The number of pyridine rings is 1.